The molecule has 2 rings (SSSR count). The molecule has 1 N–H and O–H groups in total. The summed E-state index contributed by atoms with van der Waals surface area (Å²) in [4.78, 5) is 20.8. The number of aromatic hydroxyl groups is 1. The number of carbonyl (C=O) groups is 1. The van der Waals surface area contributed by atoms with E-state index in [2.05, 4.69) is 4.98 Å². The maximum atomic E-state index is 12.0. The number of amides is 1. The Labute approximate surface area is 98.2 Å². The van der Waals surface area contributed by atoms with Crippen molar-refractivity contribution in [1.82, 2.24) is 10.0 Å². The van der Waals surface area contributed by atoms with E-state index in [0.717, 1.165) is 5.06 Å². The first-order chi connectivity index (χ1) is 8.13. The van der Waals surface area contributed by atoms with Gasteiger partial charge < -0.3 is 5.11 Å². The van der Waals surface area contributed by atoms with Crippen LogP contribution < -0.4 is 0 Å². The summed E-state index contributed by atoms with van der Waals surface area (Å²) < 4.78 is 0. The van der Waals surface area contributed by atoms with Crippen molar-refractivity contribution in [3.8, 4) is 5.88 Å². The fourth-order valence-electron chi connectivity index (χ4n) is 1.59. The van der Waals surface area contributed by atoms with Crippen molar-refractivity contribution in [2.75, 3.05) is 14.2 Å². The molecule has 0 aliphatic carbocycles. The van der Waals surface area contributed by atoms with Crippen LogP contribution in [0.4, 0.5) is 0 Å². The minimum Gasteiger partial charge on any atom is -0.493 e. The van der Waals surface area contributed by atoms with Crippen molar-refractivity contribution in [3.63, 3.8) is 0 Å². The molecule has 0 unspecified atom stereocenters. The van der Waals surface area contributed by atoms with Crippen LogP contribution in [-0.2, 0) is 4.84 Å². The summed E-state index contributed by atoms with van der Waals surface area (Å²) in [6.07, 6.45) is 0. The largest absolute Gasteiger partial charge is 0.493 e. The summed E-state index contributed by atoms with van der Waals surface area (Å²) in [5.74, 6) is -0.516. The van der Waals surface area contributed by atoms with Crippen LogP contribution in [0.25, 0.3) is 10.9 Å². The summed E-state index contributed by atoms with van der Waals surface area (Å²) in [5, 5.41) is 11.3. The molecule has 0 bridgehead atoms. The Balaban J connectivity index is 2.64. The average molecular weight is 232 g/mol. The molecule has 1 aromatic carbocycles. The predicted octanol–water partition coefficient (Wildman–Crippen LogP) is 1.57. The number of nitrogens with zero attached hydrogens (tertiary/aromatic N) is 2. The highest BCUT2D eigenvalue weighted by atomic mass is 16.7. The number of benzene rings is 1. The van der Waals surface area contributed by atoms with E-state index in [-0.39, 0.29) is 11.8 Å². The van der Waals surface area contributed by atoms with Crippen LogP contribution in [0.1, 0.15) is 10.4 Å². The van der Waals surface area contributed by atoms with E-state index >= 15 is 0 Å². The van der Waals surface area contributed by atoms with Crippen molar-refractivity contribution in [1.29, 1.82) is 0 Å². The number of carbonyl (C=O) groups excluding carboxylic acids is 1. The number of aromatic nitrogens is 1. The van der Waals surface area contributed by atoms with Crippen molar-refractivity contribution in [3.05, 3.63) is 35.9 Å². The van der Waals surface area contributed by atoms with Crippen molar-refractivity contribution >= 4 is 16.8 Å². The van der Waals surface area contributed by atoms with Gasteiger partial charge in [-0.15, -0.1) is 0 Å². The summed E-state index contributed by atoms with van der Waals surface area (Å²) >= 11 is 0. The summed E-state index contributed by atoms with van der Waals surface area (Å²) in [7, 11) is 2.91. The van der Waals surface area contributed by atoms with Crippen LogP contribution in [0.5, 0.6) is 5.88 Å². The first kappa shape index (κ1) is 11.3. The van der Waals surface area contributed by atoms with E-state index in [1.54, 1.807) is 18.2 Å². The summed E-state index contributed by atoms with van der Waals surface area (Å²) in [6.45, 7) is 0. The van der Waals surface area contributed by atoms with E-state index in [1.807, 2.05) is 6.07 Å². The van der Waals surface area contributed by atoms with Gasteiger partial charge in [0.15, 0.2) is 0 Å². The molecule has 1 heterocycles. The van der Waals surface area contributed by atoms with E-state index < -0.39 is 0 Å². The van der Waals surface area contributed by atoms with Gasteiger partial charge in [0.25, 0.3) is 5.91 Å². The van der Waals surface area contributed by atoms with Gasteiger partial charge in [-0.3, -0.25) is 9.63 Å². The van der Waals surface area contributed by atoms with Crippen LogP contribution >= 0.6 is 0 Å². The second-order valence-corrected chi connectivity index (χ2v) is 3.53. The Bertz CT molecular complexity index is 569. The van der Waals surface area contributed by atoms with Gasteiger partial charge in [0, 0.05) is 18.5 Å². The molecule has 2 aromatic rings. The molecule has 0 spiro atoms. The lowest BCUT2D eigenvalue weighted by Crippen LogP contribution is -2.25. The maximum absolute atomic E-state index is 12.0. The van der Waals surface area contributed by atoms with E-state index in [4.69, 9.17) is 4.84 Å². The lowest BCUT2D eigenvalue weighted by molar-refractivity contribution is -0.0755. The monoisotopic (exact) mass is 232 g/mol. The molecule has 5 nitrogen and oxygen atoms in total. The minimum absolute atomic E-state index is 0.184. The lowest BCUT2D eigenvalue weighted by atomic mass is 10.1. The molecule has 5 heteroatoms. The standard InChI is InChI=1S/C12H12N2O3/c1-14(17-2)12(16)9-7-11(15)13-10-6-4-3-5-8(9)10/h3-7H,1-2H3,(H,13,15). The molecule has 17 heavy (non-hydrogen) atoms. The maximum Gasteiger partial charge on any atom is 0.278 e. The predicted molar refractivity (Wildman–Crippen MR) is 62.5 cm³/mol. The Morgan fingerprint density at radius 1 is 1.41 bits per heavy atom. The van der Waals surface area contributed by atoms with Gasteiger partial charge >= 0.3 is 0 Å². The zero-order chi connectivity index (χ0) is 12.4. The molecule has 0 saturated carbocycles. The SMILES string of the molecule is CON(C)C(=O)c1cc(O)nc2ccccc12. The highest BCUT2D eigenvalue weighted by Gasteiger charge is 2.16. The van der Waals surface area contributed by atoms with Crippen LogP contribution in [-0.4, -0.2) is 35.2 Å². The number of hydroxylamine groups is 2. The van der Waals surface area contributed by atoms with Gasteiger partial charge in [0.05, 0.1) is 18.2 Å². The molecule has 0 radical (unpaired) electrons. The van der Waals surface area contributed by atoms with Gasteiger partial charge in [-0.1, -0.05) is 18.2 Å². The fourth-order valence-corrected chi connectivity index (χ4v) is 1.59. The van der Waals surface area contributed by atoms with Crippen LogP contribution in [0.3, 0.4) is 0 Å². The van der Waals surface area contributed by atoms with Crippen molar-refractivity contribution in [2.24, 2.45) is 0 Å². The smallest absolute Gasteiger partial charge is 0.278 e. The lowest BCUT2D eigenvalue weighted by Gasteiger charge is -2.14. The summed E-state index contributed by atoms with van der Waals surface area (Å²) in [6, 6.07) is 8.45. The topological polar surface area (TPSA) is 62.7 Å². The van der Waals surface area contributed by atoms with Gasteiger partial charge in [-0.05, 0) is 6.07 Å². The highest BCUT2D eigenvalue weighted by Crippen LogP contribution is 2.22. The third-order valence-electron chi connectivity index (χ3n) is 2.49. The number of fused-ring (bicyclic) bond motifs is 1. The van der Waals surface area contributed by atoms with E-state index in [9.17, 15) is 9.90 Å². The molecule has 0 saturated heterocycles. The number of hydrogen-bond donors (Lipinski definition) is 1. The van der Waals surface area contributed by atoms with Gasteiger partial charge in [-0.25, -0.2) is 10.0 Å². The molecule has 0 aliphatic rings. The molecular formula is C12H12N2O3. The van der Waals surface area contributed by atoms with Crippen LogP contribution in [0.15, 0.2) is 30.3 Å². The Kier molecular flexibility index (Phi) is 2.93. The van der Waals surface area contributed by atoms with Gasteiger partial charge in [0.2, 0.25) is 5.88 Å². The molecule has 0 aliphatic heterocycles. The van der Waals surface area contributed by atoms with Crippen molar-refractivity contribution < 1.29 is 14.7 Å². The number of pyridine rings is 1. The zero-order valence-corrected chi connectivity index (χ0v) is 9.54. The number of rotatable bonds is 2. The molecular weight excluding hydrogens is 220 g/mol. The van der Waals surface area contributed by atoms with Gasteiger partial charge in [-0.2, -0.15) is 0 Å². The Hall–Kier alpha value is -2.14. The van der Waals surface area contributed by atoms with Crippen LogP contribution in [0.2, 0.25) is 0 Å². The number of para-hydroxylation sites is 1. The van der Waals surface area contributed by atoms with E-state index in [1.165, 1.54) is 20.2 Å². The molecule has 0 atom stereocenters. The summed E-state index contributed by atoms with van der Waals surface area (Å²) in [5.41, 5.74) is 0.929. The fraction of sp³-hybridized carbons (Fsp3) is 0.167. The molecule has 88 valence electrons. The minimum atomic E-state index is -0.332. The second-order valence-electron chi connectivity index (χ2n) is 3.53. The first-order valence-corrected chi connectivity index (χ1v) is 5.04. The highest BCUT2D eigenvalue weighted by molar-refractivity contribution is 6.05. The molecule has 1 amide bonds. The molecule has 1 aromatic heterocycles. The Morgan fingerprint density at radius 2 is 2.12 bits per heavy atom. The Morgan fingerprint density at radius 3 is 2.82 bits per heavy atom. The normalized spacial score (nSPS) is 10.5. The van der Waals surface area contributed by atoms with Crippen LogP contribution in [0, 0.1) is 0 Å². The third-order valence-corrected chi connectivity index (χ3v) is 2.49. The average Bonchev–Trinajstić information content (AvgIpc) is 2.35. The number of hydrogen-bond acceptors (Lipinski definition) is 4. The van der Waals surface area contributed by atoms with E-state index in [0.29, 0.717) is 16.5 Å². The van der Waals surface area contributed by atoms with Crippen molar-refractivity contribution in [2.45, 2.75) is 0 Å². The molecule has 0 fully saturated rings. The van der Waals surface area contributed by atoms with Gasteiger partial charge in [0.1, 0.15) is 0 Å². The second kappa shape index (κ2) is 4.39. The quantitative estimate of drug-likeness (QED) is 0.798. The third kappa shape index (κ3) is 2.05. The zero-order valence-electron chi connectivity index (χ0n) is 9.54. The first-order valence-electron chi connectivity index (χ1n) is 5.04.